The summed E-state index contributed by atoms with van der Waals surface area (Å²) >= 11 is 11.2. The molecule has 0 bridgehead atoms. The van der Waals surface area contributed by atoms with Gasteiger partial charge < -0.3 is 15.5 Å². The Kier molecular flexibility index (Phi) is 5.81. The van der Waals surface area contributed by atoms with E-state index in [2.05, 4.69) is 26.7 Å². The van der Waals surface area contributed by atoms with E-state index in [0.29, 0.717) is 10.7 Å². The molecule has 1 aliphatic rings. The normalized spacial score (nSPS) is 17.9. The van der Waals surface area contributed by atoms with E-state index in [0.717, 1.165) is 26.5 Å². The number of ether oxygens (including phenoxy) is 1. The number of methoxy groups -OCH3 is 1. The van der Waals surface area contributed by atoms with Crippen LogP contribution < -0.4 is 15.5 Å². The third kappa shape index (κ3) is 4.13. The lowest BCUT2D eigenvalue weighted by Gasteiger charge is -2.34. The molecule has 29 heavy (non-hydrogen) atoms. The quantitative estimate of drug-likeness (QED) is 0.496. The third-order valence-corrected chi connectivity index (χ3v) is 6.89. The zero-order chi connectivity index (χ0) is 20.5. The van der Waals surface area contributed by atoms with Crippen LogP contribution in [0.5, 0.6) is 5.75 Å². The summed E-state index contributed by atoms with van der Waals surface area (Å²) in [5.41, 5.74) is 6.17. The van der Waals surface area contributed by atoms with Crippen molar-refractivity contribution in [3.63, 3.8) is 0 Å². The van der Waals surface area contributed by atoms with Gasteiger partial charge in [0.05, 0.1) is 28.9 Å². The number of benzene rings is 2. The van der Waals surface area contributed by atoms with Crippen molar-refractivity contribution < 1.29 is 9.53 Å². The van der Waals surface area contributed by atoms with Crippen LogP contribution in [0, 0.1) is 6.92 Å². The van der Waals surface area contributed by atoms with E-state index >= 15 is 0 Å². The largest absolute Gasteiger partial charge is 0.497 e. The molecule has 8 heteroatoms. The molecule has 0 radical (unpaired) electrons. The number of fused-ring (bicyclic) bond motifs is 1. The molecule has 1 amide bonds. The zero-order valence-electron chi connectivity index (χ0n) is 15.8. The predicted octanol–water partition coefficient (Wildman–Crippen LogP) is 5.62. The van der Waals surface area contributed by atoms with E-state index in [1.165, 1.54) is 11.8 Å². The highest BCUT2D eigenvalue weighted by molar-refractivity contribution is 9.10. The first kappa shape index (κ1) is 20.2. The molecule has 5 nitrogen and oxygen atoms in total. The molecular weight excluding hydrogens is 474 g/mol. The lowest BCUT2D eigenvalue weighted by molar-refractivity contribution is -0.116. The fourth-order valence-electron chi connectivity index (χ4n) is 3.24. The minimum atomic E-state index is -0.384. The summed E-state index contributed by atoms with van der Waals surface area (Å²) < 4.78 is 8.15. The zero-order valence-corrected chi connectivity index (χ0v) is 18.9. The van der Waals surface area contributed by atoms with Crippen LogP contribution in [-0.2, 0) is 4.79 Å². The van der Waals surface area contributed by atoms with Crippen molar-refractivity contribution in [1.29, 1.82) is 0 Å². The second-order valence-corrected chi connectivity index (χ2v) is 9.16. The fourth-order valence-corrected chi connectivity index (χ4v) is 5.19. The molecule has 2 heterocycles. The van der Waals surface area contributed by atoms with Gasteiger partial charge in [0.15, 0.2) is 0 Å². The van der Waals surface area contributed by atoms with Gasteiger partial charge in [-0.2, -0.15) is 0 Å². The highest BCUT2D eigenvalue weighted by atomic mass is 79.9. The molecule has 0 spiro atoms. The van der Waals surface area contributed by atoms with Crippen LogP contribution in [0.25, 0.3) is 0 Å². The topological polar surface area (TPSA) is 55.3 Å². The van der Waals surface area contributed by atoms with E-state index < -0.39 is 0 Å². The molecule has 1 aromatic heterocycles. The number of aryl methyl sites for hydroxylation is 1. The number of aromatic nitrogens is 1. The number of rotatable bonds is 4. The number of carbonyl (C=O) groups excluding carboxylic acids is 1. The molecule has 2 N–H and O–H groups in total. The van der Waals surface area contributed by atoms with Crippen molar-refractivity contribution in [1.82, 2.24) is 4.68 Å². The van der Waals surface area contributed by atoms with Crippen LogP contribution in [0.15, 0.2) is 64.1 Å². The Hall–Kier alpha value is -2.09. The Balaban J connectivity index is 1.66. The first-order valence-electron chi connectivity index (χ1n) is 8.97. The van der Waals surface area contributed by atoms with Gasteiger partial charge in [-0.05, 0) is 55.0 Å². The van der Waals surface area contributed by atoms with Gasteiger partial charge in [0.1, 0.15) is 11.0 Å². The molecule has 0 saturated heterocycles. The van der Waals surface area contributed by atoms with Crippen molar-refractivity contribution in [2.24, 2.45) is 0 Å². The molecule has 0 fully saturated rings. The number of hydrogen-bond donors (Lipinski definition) is 2. The minimum Gasteiger partial charge on any atom is -0.497 e. The summed E-state index contributed by atoms with van der Waals surface area (Å²) in [7, 11) is 1.64. The lowest BCUT2D eigenvalue weighted by atomic mass is 10.0. The maximum absolute atomic E-state index is 13.3. The minimum absolute atomic E-state index is 0.113. The van der Waals surface area contributed by atoms with Crippen molar-refractivity contribution in [2.45, 2.75) is 23.2 Å². The Morgan fingerprint density at radius 3 is 2.66 bits per heavy atom. The molecule has 3 aromatic rings. The Morgan fingerprint density at radius 1 is 1.21 bits per heavy atom. The van der Waals surface area contributed by atoms with Crippen LogP contribution >= 0.6 is 39.3 Å². The average molecular weight is 493 g/mol. The average Bonchev–Trinajstić information content (AvgIpc) is 3.09. The monoisotopic (exact) mass is 491 g/mol. The standard InChI is InChI=1S/C21H19BrClN3O2S/c1-12-3-10-18-26(12)25-19(13-4-7-15(28-2)8-5-13)20(29-18)21(27)24-17-9-6-14(22)11-16(17)23/h3-11,19-20,25H,1-2H3,(H,24,27). The Bertz CT molecular complexity index is 1050. The second-order valence-electron chi connectivity index (χ2n) is 6.68. The van der Waals surface area contributed by atoms with E-state index in [4.69, 9.17) is 16.3 Å². The third-order valence-electron chi connectivity index (χ3n) is 4.78. The molecule has 0 saturated carbocycles. The number of halogens is 2. The van der Waals surface area contributed by atoms with E-state index in [1.807, 2.05) is 54.1 Å². The predicted molar refractivity (Wildman–Crippen MR) is 122 cm³/mol. The van der Waals surface area contributed by atoms with E-state index in [9.17, 15) is 4.79 Å². The number of thioether (sulfide) groups is 1. The molecule has 150 valence electrons. The van der Waals surface area contributed by atoms with Crippen molar-refractivity contribution >= 4 is 50.9 Å². The maximum atomic E-state index is 13.3. The molecule has 2 atom stereocenters. The first-order valence-corrected chi connectivity index (χ1v) is 11.0. The van der Waals surface area contributed by atoms with Gasteiger partial charge >= 0.3 is 0 Å². The molecule has 4 rings (SSSR count). The van der Waals surface area contributed by atoms with Crippen molar-refractivity contribution in [3.8, 4) is 5.75 Å². The number of nitrogens with zero attached hydrogens (tertiary/aromatic N) is 1. The Morgan fingerprint density at radius 2 is 1.97 bits per heavy atom. The summed E-state index contributed by atoms with van der Waals surface area (Å²) in [6.07, 6.45) is 0. The van der Waals surface area contributed by atoms with Gasteiger partial charge in [-0.3, -0.25) is 9.47 Å². The molecule has 1 aliphatic heterocycles. The van der Waals surface area contributed by atoms with Gasteiger partial charge in [-0.1, -0.05) is 51.4 Å². The van der Waals surface area contributed by atoms with Crippen LogP contribution in [-0.4, -0.2) is 22.9 Å². The van der Waals surface area contributed by atoms with Gasteiger partial charge in [-0.15, -0.1) is 0 Å². The smallest absolute Gasteiger partial charge is 0.240 e. The van der Waals surface area contributed by atoms with Crippen LogP contribution in [0.3, 0.4) is 0 Å². The number of carbonyl (C=O) groups is 1. The van der Waals surface area contributed by atoms with Gasteiger partial charge in [0.2, 0.25) is 5.91 Å². The van der Waals surface area contributed by atoms with Gasteiger partial charge in [-0.25, -0.2) is 0 Å². The summed E-state index contributed by atoms with van der Waals surface area (Å²) in [6.45, 7) is 2.03. The molecular formula is C21H19BrClN3O2S. The number of nitrogens with one attached hydrogen (secondary N) is 2. The number of hydrogen-bond acceptors (Lipinski definition) is 4. The molecule has 0 aliphatic carbocycles. The highest BCUT2D eigenvalue weighted by Gasteiger charge is 2.36. The second kappa shape index (κ2) is 8.34. The van der Waals surface area contributed by atoms with Crippen LogP contribution in [0.2, 0.25) is 5.02 Å². The van der Waals surface area contributed by atoms with Gasteiger partial charge in [0.25, 0.3) is 0 Å². The number of anilines is 1. The molecule has 2 aromatic carbocycles. The SMILES string of the molecule is COc1ccc(C2Nn3c(C)ccc3SC2C(=O)Nc2ccc(Br)cc2Cl)cc1. The Labute approximate surface area is 186 Å². The highest BCUT2D eigenvalue weighted by Crippen LogP contribution is 2.39. The van der Waals surface area contributed by atoms with Crippen LogP contribution in [0.1, 0.15) is 17.3 Å². The lowest BCUT2D eigenvalue weighted by Crippen LogP contribution is -2.41. The summed E-state index contributed by atoms with van der Waals surface area (Å²) in [6, 6.07) is 17.0. The summed E-state index contributed by atoms with van der Waals surface area (Å²) in [5.74, 6) is 0.662. The first-order chi connectivity index (χ1) is 14.0. The summed E-state index contributed by atoms with van der Waals surface area (Å²) in [4.78, 5) is 13.3. The van der Waals surface area contributed by atoms with Crippen molar-refractivity contribution in [2.75, 3.05) is 17.9 Å². The van der Waals surface area contributed by atoms with E-state index in [-0.39, 0.29) is 17.2 Å². The van der Waals surface area contributed by atoms with Gasteiger partial charge in [0, 0.05) is 10.2 Å². The molecule has 2 unspecified atom stereocenters. The maximum Gasteiger partial charge on any atom is 0.240 e. The fraction of sp³-hybridized carbons (Fsp3) is 0.190. The van der Waals surface area contributed by atoms with E-state index in [1.54, 1.807) is 19.2 Å². The number of amides is 1. The van der Waals surface area contributed by atoms with Crippen molar-refractivity contribution in [3.05, 3.63) is 75.4 Å². The summed E-state index contributed by atoms with van der Waals surface area (Å²) in [5, 5.41) is 4.08. The van der Waals surface area contributed by atoms with Crippen LogP contribution in [0.4, 0.5) is 5.69 Å².